The summed E-state index contributed by atoms with van der Waals surface area (Å²) in [6, 6.07) is 13.3. The van der Waals surface area contributed by atoms with Gasteiger partial charge in [0.1, 0.15) is 25.1 Å². The zero-order chi connectivity index (χ0) is 32.4. The summed E-state index contributed by atoms with van der Waals surface area (Å²) < 4.78 is 39.3. The molecule has 3 rings (SSSR count). The standard InChI is InChI=1S/C32H38O12/c1-7-23-8-10-24(11-9-23)14-26-13-12-25(16-38-18(2)33)15-27(26)43-32-31(42-22(6)37)30(41-21(5)36)29(40-20(4)35)28(44-32)17-39-19(3)34/h8-13,15,28-32H,7,14,16-17H2,1-6H3/t28-,29-,30+,31-,32+/m1/s1. The zero-order valence-corrected chi connectivity index (χ0v) is 25.7. The van der Waals surface area contributed by atoms with E-state index in [1.165, 1.54) is 19.4 Å². The van der Waals surface area contributed by atoms with Gasteiger partial charge in [0.15, 0.2) is 12.2 Å². The van der Waals surface area contributed by atoms with Crippen molar-refractivity contribution in [2.24, 2.45) is 0 Å². The van der Waals surface area contributed by atoms with Gasteiger partial charge in [0, 0.05) is 41.0 Å². The summed E-state index contributed by atoms with van der Waals surface area (Å²) in [5.74, 6) is -3.03. The molecular weight excluding hydrogens is 576 g/mol. The van der Waals surface area contributed by atoms with Crippen molar-refractivity contribution in [2.45, 2.75) is 91.7 Å². The smallest absolute Gasteiger partial charge is 0.303 e. The third-order valence-electron chi connectivity index (χ3n) is 6.59. The minimum atomic E-state index is -1.42. The molecule has 44 heavy (non-hydrogen) atoms. The lowest BCUT2D eigenvalue weighted by Crippen LogP contribution is -2.63. The van der Waals surface area contributed by atoms with E-state index in [1.54, 1.807) is 12.1 Å². The predicted octanol–water partition coefficient (Wildman–Crippen LogP) is 3.36. The van der Waals surface area contributed by atoms with Crippen LogP contribution in [0.15, 0.2) is 42.5 Å². The maximum atomic E-state index is 12.2. The molecule has 0 aromatic heterocycles. The molecule has 0 unspecified atom stereocenters. The van der Waals surface area contributed by atoms with E-state index in [0.717, 1.165) is 32.8 Å². The molecule has 12 heteroatoms. The van der Waals surface area contributed by atoms with Crippen molar-refractivity contribution in [3.05, 3.63) is 64.7 Å². The lowest BCUT2D eigenvalue weighted by atomic mass is 9.97. The van der Waals surface area contributed by atoms with Crippen LogP contribution in [0.4, 0.5) is 0 Å². The van der Waals surface area contributed by atoms with Crippen LogP contribution in [0.5, 0.6) is 5.75 Å². The number of aryl methyl sites for hydroxylation is 1. The maximum absolute atomic E-state index is 12.2. The van der Waals surface area contributed by atoms with Crippen LogP contribution in [-0.4, -0.2) is 67.2 Å². The number of carbonyl (C=O) groups excluding carboxylic acids is 5. The number of ether oxygens (including phenoxy) is 7. The van der Waals surface area contributed by atoms with Crippen molar-refractivity contribution in [1.29, 1.82) is 0 Å². The maximum Gasteiger partial charge on any atom is 0.303 e. The van der Waals surface area contributed by atoms with Gasteiger partial charge in [0.2, 0.25) is 12.4 Å². The lowest BCUT2D eigenvalue weighted by molar-refractivity contribution is -0.288. The Hall–Kier alpha value is -4.45. The molecule has 0 bridgehead atoms. The van der Waals surface area contributed by atoms with E-state index in [1.807, 2.05) is 30.3 Å². The molecule has 1 saturated heterocycles. The van der Waals surface area contributed by atoms with Crippen molar-refractivity contribution in [3.63, 3.8) is 0 Å². The van der Waals surface area contributed by atoms with E-state index < -0.39 is 60.6 Å². The van der Waals surface area contributed by atoms with Gasteiger partial charge in [-0.25, -0.2) is 0 Å². The number of carbonyl (C=O) groups is 5. The molecule has 0 amide bonds. The average molecular weight is 615 g/mol. The molecule has 0 N–H and O–H groups in total. The molecule has 1 fully saturated rings. The summed E-state index contributed by atoms with van der Waals surface area (Å²) in [6.45, 7) is 7.57. The van der Waals surface area contributed by atoms with Gasteiger partial charge >= 0.3 is 29.8 Å². The quantitative estimate of drug-likeness (QED) is 0.255. The number of hydrogen-bond donors (Lipinski definition) is 0. The van der Waals surface area contributed by atoms with Gasteiger partial charge in [0.25, 0.3) is 0 Å². The van der Waals surface area contributed by atoms with Crippen LogP contribution >= 0.6 is 0 Å². The van der Waals surface area contributed by atoms with Crippen LogP contribution in [0.3, 0.4) is 0 Å². The van der Waals surface area contributed by atoms with Crippen molar-refractivity contribution in [3.8, 4) is 5.75 Å². The highest BCUT2D eigenvalue weighted by Crippen LogP contribution is 2.33. The van der Waals surface area contributed by atoms with Gasteiger partial charge in [-0.1, -0.05) is 43.3 Å². The largest absolute Gasteiger partial charge is 0.463 e. The topological polar surface area (TPSA) is 150 Å². The number of esters is 5. The SMILES string of the molecule is CCc1ccc(Cc2ccc(COC(C)=O)cc2O[C@H]2O[C@H](COC(C)=O)[C@@H](OC(C)=O)[C@H](OC(C)=O)[C@H]2OC(C)=O)cc1. The van der Waals surface area contributed by atoms with Crippen LogP contribution < -0.4 is 4.74 Å². The minimum absolute atomic E-state index is 0.0320. The van der Waals surface area contributed by atoms with Crippen molar-refractivity contribution in [1.82, 2.24) is 0 Å². The Balaban J connectivity index is 2.07. The number of benzene rings is 2. The summed E-state index contributed by atoms with van der Waals surface area (Å²) in [4.78, 5) is 59.6. The molecule has 12 nitrogen and oxygen atoms in total. The summed E-state index contributed by atoms with van der Waals surface area (Å²) in [5, 5.41) is 0. The summed E-state index contributed by atoms with van der Waals surface area (Å²) in [7, 11) is 0. The van der Waals surface area contributed by atoms with E-state index >= 15 is 0 Å². The summed E-state index contributed by atoms with van der Waals surface area (Å²) >= 11 is 0. The van der Waals surface area contributed by atoms with Gasteiger partial charge in [-0.2, -0.15) is 0 Å². The first-order chi connectivity index (χ1) is 20.9. The molecule has 1 aliphatic rings. The van der Waals surface area contributed by atoms with Crippen LogP contribution in [-0.2, 0) is 71.8 Å². The second-order valence-corrected chi connectivity index (χ2v) is 10.3. The molecule has 0 spiro atoms. The number of rotatable bonds is 12. The fourth-order valence-electron chi connectivity index (χ4n) is 4.65. The Labute approximate surface area is 255 Å². The highest BCUT2D eigenvalue weighted by molar-refractivity contribution is 5.69. The van der Waals surface area contributed by atoms with E-state index in [9.17, 15) is 24.0 Å². The Bertz CT molecular complexity index is 1340. The summed E-state index contributed by atoms with van der Waals surface area (Å²) in [5.41, 5.74) is 3.49. The Morgan fingerprint density at radius 1 is 0.659 bits per heavy atom. The van der Waals surface area contributed by atoms with Gasteiger partial charge < -0.3 is 33.2 Å². The lowest BCUT2D eigenvalue weighted by Gasteiger charge is -2.44. The monoisotopic (exact) mass is 614 g/mol. The van der Waals surface area contributed by atoms with E-state index in [0.29, 0.717) is 23.3 Å². The highest BCUT2D eigenvalue weighted by atomic mass is 16.7. The second kappa shape index (κ2) is 15.9. The van der Waals surface area contributed by atoms with Gasteiger partial charge in [-0.3, -0.25) is 24.0 Å². The molecule has 2 aromatic carbocycles. The zero-order valence-electron chi connectivity index (χ0n) is 25.7. The molecule has 1 heterocycles. The molecule has 238 valence electrons. The molecule has 5 atom stereocenters. The average Bonchev–Trinajstić information content (AvgIpc) is 2.94. The molecular formula is C32H38O12. The molecule has 1 aliphatic heterocycles. The Morgan fingerprint density at radius 2 is 1.20 bits per heavy atom. The molecule has 0 aliphatic carbocycles. The van der Waals surface area contributed by atoms with E-state index in [4.69, 9.17) is 33.2 Å². The van der Waals surface area contributed by atoms with E-state index in [-0.39, 0.29) is 13.2 Å². The minimum Gasteiger partial charge on any atom is -0.463 e. The fourth-order valence-corrected chi connectivity index (χ4v) is 4.65. The molecule has 0 radical (unpaired) electrons. The van der Waals surface area contributed by atoms with Crippen LogP contribution in [0.2, 0.25) is 0 Å². The van der Waals surface area contributed by atoms with Crippen molar-refractivity contribution < 1.29 is 57.1 Å². The van der Waals surface area contributed by atoms with Crippen molar-refractivity contribution >= 4 is 29.8 Å². The Kier molecular flexibility index (Phi) is 12.3. The first-order valence-corrected chi connectivity index (χ1v) is 14.2. The Morgan fingerprint density at radius 3 is 1.77 bits per heavy atom. The molecule has 2 aromatic rings. The van der Waals surface area contributed by atoms with Crippen molar-refractivity contribution in [2.75, 3.05) is 6.61 Å². The second-order valence-electron chi connectivity index (χ2n) is 10.3. The van der Waals surface area contributed by atoms with Crippen LogP contribution in [0.1, 0.15) is 63.8 Å². The fraction of sp³-hybridized carbons (Fsp3) is 0.469. The van der Waals surface area contributed by atoms with Gasteiger partial charge in [-0.05, 0) is 34.7 Å². The highest BCUT2D eigenvalue weighted by Gasteiger charge is 2.53. The van der Waals surface area contributed by atoms with Crippen LogP contribution in [0, 0.1) is 0 Å². The van der Waals surface area contributed by atoms with Gasteiger partial charge in [0.05, 0.1) is 0 Å². The van der Waals surface area contributed by atoms with Gasteiger partial charge in [-0.15, -0.1) is 0 Å². The first-order valence-electron chi connectivity index (χ1n) is 14.2. The summed E-state index contributed by atoms with van der Waals surface area (Å²) in [6.07, 6.45) is -5.34. The number of hydrogen-bond acceptors (Lipinski definition) is 12. The normalized spacial score (nSPS) is 21.0. The van der Waals surface area contributed by atoms with E-state index in [2.05, 4.69) is 6.92 Å². The first kappa shape index (κ1) is 34.0. The molecule has 0 saturated carbocycles. The third-order valence-corrected chi connectivity index (χ3v) is 6.59. The van der Waals surface area contributed by atoms with Crippen LogP contribution in [0.25, 0.3) is 0 Å². The third kappa shape index (κ3) is 10.1. The predicted molar refractivity (Wildman–Crippen MR) is 153 cm³/mol.